The minimum absolute atomic E-state index is 0.201. The highest BCUT2D eigenvalue weighted by Gasteiger charge is 2.32. The van der Waals surface area contributed by atoms with Crippen molar-refractivity contribution in [2.75, 3.05) is 13.2 Å². The van der Waals surface area contributed by atoms with Crippen molar-refractivity contribution in [3.05, 3.63) is 59.2 Å². The Morgan fingerprint density at radius 1 is 1.10 bits per heavy atom. The first kappa shape index (κ1) is 22.7. The van der Waals surface area contributed by atoms with Gasteiger partial charge in [-0.1, -0.05) is 36.0 Å². The number of hydrogen-bond donors (Lipinski definition) is 1. The van der Waals surface area contributed by atoms with Crippen molar-refractivity contribution in [3.8, 4) is 11.5 Å². The van der Waals surface area contributed by atoms with Crippen LogP contribution in [0.25, 0.3) is 0 Å². The van der Waals surface area contributed by atoms with Crippen LogP contribution in [-0.2, 0) is 9.59 Å². The summed E-state index contributed by atoms with van der Waals surface area (Å²) >= 11 is 1.32. The number of ether oxygens (including phenoxy) is 2. The lowest BCUT2D eigenvalue weighted by molar-refractivity contribution is -0.129. The Hall–Kier alpha value is -3.00. The summed E-state index contributed by atoms with van der Waals surface area (Å²) in [5, 5.41) is 8.28. The van der Waals surface area contributed by atoms with Gasteiger partial charge in [0.25, 0.3) is 0 Å². The van der Waals surface area contributed by atoms with E-state index in [4.69, 9.17) is 9.47 Å². The normalized spacial score (nSPS) is 15.4. The van der Waals surface area contributed by atoms with Gasteiger partial charge in [-0.15, -0.1) is 5.10 Å². The van der Waals surface area contributed by atoms with Gasteiger partial charge in [0.2, 0.25) is 11.8 Å². The maximum Gasteiger partial charge on any atom is 0.241 e. The van der Waals surface area contributed by atoms with Gasteiger partial charge in [-0.2, -0.15) is 0 Å². The number of amides is 2. The largest absolute Gasteiger partial charge is 0.493 e. The Morgan fingerprint density at radius 2 is 1.87 bits per heavy atom. The molecule has 0 aliphatic carbocycles. The average Bonchev–Trinajstić information content (AvgIpc) is 3.14. The van der Waals surface area contributed by atoms with Crippen LogP contribution in [0.3, 0.4) is 0 Å². The molecule has 1 N–H and O–H groups in total. The molecule has 0 saturated carbocycles. The van der Waals surface area contributed by atoms with E-state index in [2.05, 4.69) is 22.6 Å². The van der Waals surface area contributed by atoms with Gasteiger partial charge in [-0.3, -0.25) is 9.59 Å². The van der Waals surface area contributed by atoms with Crippen molar-refractivity contribution >= 4 is 28.7 Å². The van der Waals surface area contributed by atoms with E-state index in [0.29, 0.717) is 24.1 Å². The lowest BCUT2D eigenvalue weighted by atomic mass is 10.1. The van der Waals surface area contributed by atoms with Crippen LogP contribution in [0.2, 0.25) is 0 Å². The van der Waals surface area contributed by atoms with E-state index in [1.807, 2.05) is 44.2 Å². The summed E-state index contributed by atoms with van der Waals surface area (Å²) in [7, 11) is 0. The zero-order chi connectivity index (χ0) is 22.4. The van der Waals surface area contributed by atoms with E-state index < -0.39 is 0 Å². The number of nitrogens with one attached hydrogen (secondary N) is 1. The maximum absolute atomic E-state index is 12.0. The highest BCUT2D eigenvalue weighted by Crippen LogP contribution is 2.39. The van der Waals surface area contributed by atoms with Crippen molar-refractivity contribution in [1.29, 1.82) is 0 Å². The average molecular weight is 442 g/mol. The highest BCUT2D eigenvalue weighted by atomic mass is 32.2. The van der Waals surface area contributed by atoms with Gasteiger partial charge in [-0.25, -0.2) is 5.01 Å². The number of nitrogens with zero attached hydrogens (tertiary/aromatic N) is 2. The zero-order valence-corrected chi connectivity index (χ0v) is 19.0. The predicted molar refractivity (Wildman–Crippen MR) is 122 cm³/mol. The number of hydrazone groups is 1. The van der Waals surface area contributed by atoms with E-state index in [1.54, 1.807) is 0 Å². The van der Waals surface area contributed by atoms with Crippen LogP contribution in [0.4, 0.5) is 0 Å². The molecule has 0 radical (unpaired) electrons. The summed E-state index contributed by atoms with van der Waals surface area (Å²) in [5.74, 6) is 1.18. The number of amidine groups is 1. The molecule has 1 aliphatic heterocycles. The molecule has 164 valence electrons. The van der Waals surface area contributed by atoms with Gasteiger partial charge in [0, 0.05) is 20.3 Å². The van der Waals surface area contributed by atoms with Gasteiger partial charge in [0.05, 0.1) is 13.2 Å². The molecular formula is C23H27N3O4S. The van der Waals surface area contributed by atoms with Crippen molar-refractivity contribution in [3.63, 3.8) is 0 Å². The molecule has 0 bridgehead atoms. The molecule has 0 saturated heterocycles. The standard InChI is InChI=1S/C23H27N3O4S/c1-15-9-10-16(2)21(13-15)30-12-6-11-29-20-8-5-7-19(14-20)22-26(18(4)28)25-23(31-22)24-17(3)27/h5,7-10,13-14,22H,6,11-12H2,1-4H3,(H,24,25,27)/t22-/m1/s1. The Labute approximate surface area is 186 Å². The smallest absolute Gasteiger partial charge is 0.241 e. The summed E-state index contributed by atoms with van der Waals surface area (Å²) < 4.78 is 11.8. The van der Waals surface area contributed by atoms with E-state index in [1.165, 1.54) is 36.2 Å². The Morgan fingerprint density at radius 3 is 2.61 bits per heavy atom. The summed E-state index contributed by atoms with van der Waals surface area (Å²) in [6.07, 6.45) is 0.741. The van der Waals surface area contributed by atoms with Gasteiger partial charge in [0.15, 0.2) is 5.17 Å². The third kappa shape index (κ3) is 6.24. The van der Waals surface area contributed by atoms with Gasteiger partial charge in [-0.05, 0) is 48.7 Å². The fourth-order valence-corrected chi connectivity index (χ4v) is 4.16. The molecule has 8 heteroatoms. The third-order valence-electron chi connectivity index (χ3n) is 4.55. The maximum atomic E-state index is 12.0. The van der Waals surface area contributed by atoms with Crippen LogP contribution in [0.1, 0.15) is 42.3 Å². The van der Waals surface area contributed by atoms with Crippen LogP contribution < -0.4 is 14.8 Å². The molecular weight excluding hydrogens is 414 g/mol. The lowest BCUT2D eigenvalue weighted by Crippen LogP contribution is -2.25. The second kappa shape index (κ2) is 10.3. The monoisotopic (exact) mass is 441 g/mol. The molecule has 0 spiro atoms. The number of benzene rings is 2. The fraction of sp³-hybridized carbons (Fsp3) is 0.348. The molecule has 2 aromatic rings. The molecule has 1 aliphatic rings. The summed E-state index contributed by atoms with van der Waals surface area (Å²) in [6, 6.07) is 13.7. The van der Waals surface area contributed by atoms with Crippen LogP contribution >= 0.6 is 11.8 Å². The minimum Gasteiger partial charge on any atom is -0.493 e. The molecule has 2 aromatic carbocycles. The topological polar surface area (TPSA) is 80.2 Å². The second-order valence-corrected chi connectivity index (χ2v) is 8.38. The van der Waals surface area contributed by atoms with Crippen LogP contribution in [0.15, 0.2) is 47.6 Å². The Bertz CT molecular complexity index is 993. The second-order valence-electron chi connectivity index (χ2n) is 7.31. The fourth-order valence-electron chi connectivity index (χ4n) is 3.03. The van der Waals surface area contributed by atoms with E-state index in [0.717, 1.165) is 23.3 Å². The van der Waals surface area contributed by atoms with Crippen LogP contribution in [0.5, 0.6) is 11.5 Å². The number of thioether (sulfide) groups is 1. The molecule has 1 heterocycles. The number of carbonyl (C=O) groups is 2. The first-order chi connectivity index (χ1) is 14.8. The first-order valence-corrected chi connectivity index (χ1v) is 11.0. The Kier molecular flexibility index (Phi) is 7.57. The molecule has 3 rings (SSSR count). The van der Waals surface area contributed by atoms with Crippen molar-refractivity contribution in [2.24, 2.45) is 5.10 Å². The van der Waals surface area contributed by atoms with E-state index in [-0.39, 0.29) is 17.2 Å². The molecule has 2 amide bonds. The van der Waals surface area contributed by atoms with Gasteiger partial charge >= 0.3 is 0 Å². The quantitative estimate of drug-likeness (QED) is 0.653. The first-order valence-electron chi connectivity index (χ1n) is 10.1. The van der Waals surface area contributed by atoms with Crippen molar-refractivity contribution in [2.45, 2.75) is 39.5 Å². The van der Waals surface area contributed by atoms with E-state index >= 15 is 0 Å². The summed E-state index contributed by atoms with van der Waals surface area (Å²) in [6.45, 7) is 8.01. The third-order valence-corrected chi connectivity index (χ3v) is 5.65. The number of aryl methyl sites for hydroxylation is 2. The highest BCUT2D eigenvalue weighted by molar-refractivity contribution is 8.14. The zero-order valence-electron chi connectivity index (χ0n) is 18.2. The lowest BCUT2D eigenvalue weighted by Gasteiger charge is -2.19. The minimum atomic E-state index is -0.351. The Balaban J connectivity index is 1.54. The van der Waals surface area contributed by atoms with Gasteiger partial charge < -0.3 is 14.8 Å². The van der Waals surface area contributed by atoms with Crippen molar-refractivity contribution in [1.82, 2.24) is 10.3 Å². The van der Waals surface area contributed by atoms with Crippen molar-refractivity contribution < 1.29 is 19.1 Å². The summed E-state index contributed by atoms with van der Waals surface area (Å²) in [5.41, 5.74) is 3.15. The molecule has 0 fully saturated rings. The van der Waals surface area contributed by atoms with Gasteiger partial charge in [0.1, 0.15) is 16.9 Å². The molecule has 0 aromatic heterocycles. The molecule has 0 unspecified atom stereocenters. The molecule has 7 nitrogen and oxygen atoms in total. The number of rotatable bonds is 7. The summed E-state index contributed by atoms with van der Waals surface area (Å²) in [4.78, 5) is 23.3. The molecule has 1 atom stereocenters. The molecule has 31 heavy (non-hydrogen) atoms. The van der Waals surface area contributed by atoms with E-state index in [9.17, 15) is 9.59 Å². The van der Waals surface area contributed by atoms with Crippen LogP contribution in [0, 0.1) is 13.8 Å². The van der Waals surface area contributed by atoms with Crippen LogP contribution in [-0.4, -0.2) is 35.2 Å². The SMILES string of the molecule is CC(=O)NC1=NN(C(C)=O)[C@@H](c2cccc(OCCCOc3cc(C)ccc3C)c2)S1. The predicted octanol–water partition coefficient (Wildman–Crippen LogP) is 4.15. The number of carbonyl (C=O) groups excluding carboxylic acids is 2. The number of hydrogen-bond acceptors (Lipinski definition) is 6.